The van der Waals surface area contributed by atoms with Gasteiger partial charge in [0.25, 0.3) is 0 Å². The van der Waals surface area contributed by atoms with E-state index in [2.05, 4.69) is 48.7 Å². The second kappa shape index (κ2) is 26.6. The fraction of sp³-hybridized carbons (Fsp3) is 0.789. The number of hydrogen-bond acceptors (Lipinski definition) is 2. The van der Waals surface area contributed by atoms with Gasteiger partial charge in [0, 0.05) is 12.3 Å². The van der Waals surface area contributed by atoms with E-state index in [9.17, 15) is 0 Å². The minimum absolute atomic E-state index is 0.305. The van der Waals surface area contributed by atoms with E-state index in [0.717, 1.165) is 13.2 Å². The number of ether oxygens (including phenoxy) is 1. The van der Waals surface area contributed by atoms with E-state index in [4.69, 9.17) is 4.74 Å². The van der Waals surface area contributed by atoms with Gasteiger partial charge in [-0.1, -0.05) is 198 Å². The fourth-order valence-electron chi connectivity index (χ4n) is 6.07. The number of para-hydroxylation sites is 1. The molecule has 0 bridgehead atoms. The van der Waals surface area contributed by atoms with Gasteiger partial charge in [0.05, 0.1) is 12.6 Å². The summed E-state index contributed by atoms with van der Waals surface area (Å²) in [5.41, 5.74) is 2.49. The maximum Gasteiger partial charge on any atom is 0.0704 e. The molecule has 0 amide bonds. The highest BCUT2D eigenvalue weighted by Crippen LogP contribution is 2.22. The van der Waals surface area contributed by atoms with E-state index in [1.165, 1.54) is 178 Å². The molecule has 0 aliphatic carbocycles. The lowest BCUT2D eigenvalue weighted by Crippen LogP contribution is -2.25. The summed E-state index contributed by atoms with van der Waals surface area (Å²) in [6.45, 7) is 3.97. The van der Waals surface area contributed by atoms with Gasteiger partial charge in [-0.25, -0.2) is 0 Å². The lowest BCUT2D eigenvalue weighted by Gasteiger charge is -2.22. The van der Waals surface area contributed by atoms with Crippen LogP contribution in [0.5, 0.6) is 0 Å². The molecule has 0 radical (unpaired) electrons. The smallest absolute Gasteiger partial charge is 0.0704 e. The lowest BCUT2D eigenvalue weighted by molar-refractivity contribution is 0.128. The fourth-order valence-corrected chi connectivity index (χ4v) is 6.07. The predicted molar refractivity (Wildman–Crippen MR) is 179 cm³/mol. The molecular formula is C38H67NO. The Morgan fingerprint density at radius 3 is 1.38 bits per heavy atom. The Hall–Kier alpha value is -1.28. The summed E-state index contributed by atoms with van der Waals surface area (Å²) in [6.07, 6.45) is 41.9. The second-order valence-corrected chi connectivity index (χ2v) is 12.6. The lowest BCUT2D eigenvalue weighted by atomic mass is 10.0. The minimum atomic E-state index is 0.305. The molecule has 1 aromatic carbocycles. The van der Waals surface area contributed by atoms with E-state index >= 15 is 0 Å². The first-order valence-corrected chi connectivity index (χ1v) is 18.0. The first kappa shape index (κ1) is 34.9. The highest BCUT2D eigenvalue weighted by atomic mass is 16.5. The quantitative estimate of drug-likeness (QED) is 0.0996. The van der Waals surface area contributed by atoms with Gasteiger partial charge < -0.3 is 10.1 Å². The van der Waals surface area contributed by atoms with E-state index in [0.29, 0.717) is 6.04 Å². The molecule has 0 aromatic heterocycles. The van der Waals surface area contributed by atoms with Gasteiger partial charge in [0.15, 0.2) is 0 Å². The van der Waals surface area contributed by atoms with Crippen LogP contribution in [0.2, 0.25) is 0 Å². The van der Waals surface area contributed by atoms with Crippen molar-refractivity contribution < 1.29 is 4.74 Å². The van der Waals surface area contributed by atoms with Crippen LogP contribution in [-0.2, 0) is 4.74 Å². The van der Waals surface area contributed by atoms with Crippen LogP contribution in [0.1, 0.15) is 179 Å². The van der Waals surface area contributed by atoms with Gasteiger partial charge in [-0.3, -0.25) is 0 Å². The average Bonchev–Trinajstić information content (AvgIpc) is 2.98. The molecule has 40 heavy (non-hydrogen) atoms. The van der Waals surface area contributed by atoms with Crippen LogP contribution in [0.4, 0.5) is 5.69 Å². The van der Waals surface area contributed by atoms with E-state index < -0.39 is 0 Å². The van der Waals surface area contributed by atoms with Crippen molar-refractivity contribution in [2.75, 3.05) is 18.5 Å². The zero-order valence-corrected chi connectivity index (χ0v) is 26.7. The van der Waals surface area contributed by atoms with Crippen molar-refractivity contribution in [1.82, 2.24) is 0 Å². The molecule has 1 heterocycles. The molecule has 2 rings (SSSR count). The molecule has 230 valence electrons. The summed E-state index contributed by atoms with van der Waals surface area (Å²) in [6, 6.07) is 8.78. The van der Waals surface area contributed by atoms with Crippen LogP contribution in [0.25, 0.3) is 6.08 Å². The van der Waals surface area contributed by atoms with Gasteiger partial charge in [-0.2, -0.15) is 0 Å². The van der Waals surface area contributed by atoms with Crippen LogP contribution in [-0.4, -0.2) is 19.3 Å². The number of anilines is 1. The topological polar surface area (TPSA) is 21.3 Å². The molecule has 1 N–H and O–H groups in total. The Morgan fingerprint density at radius 1 is 0.525 bits per heavy atom. The largest absolute Gasteiger partial charge is 0.379 e. The summed E-state index contributed by atoms with van der Waals surface area (Å²) in [7, 11) is 0. The van der Waals surface area contributed by atoms with Gasteiger partial charge >= 0.3 is 0 Å². The summed E-state index contributed by atoms with van der Waals surface area (Å²) in [5.74, 6) is 0. The van der Waals surface area contributed by atoms with E-state index in [-0.39, 0.29) is 0 Å². The average molecular weight is 554 g/mol. The third-order valence-corrected chi connectivity index (χ3v) is 8.75. The highest BCUT2D eigenvalue weighted by Gasteiger charge is 2.11. The van der Waals surface area contributed by atoms with E-state index in [1.807, 2.05) is 0 Å². The summed E-state index contributed by atoms with van der Waals surface area (Å²) in [5, 5.41) is 3.56. The molecule has 0 saturated heterocycles. The summed E-state index contributed by atoms with van der Waals surface area (Å²) in [4.78, 5) is 0. The monoisotopic (exact) mass is 554 g/mol. The third-order valence-electron chi connectivity index (χ3n) is 8.75. The Morgan fingerprint density at radius 2 is 0.925 bits per heavy atom. The zero-order valence-electron chi connectivity index (χ0n) is 26.7. The molecular weight excluding hydrogens is 486 g/mol. The van der Waals surface area contributed by atoms with Crippen molar-refractivity contribution in [2.45, 2.75) is 180 Å². The number of rotatable bonds is 29. The van der Waals surface area contributed by atoms with Gasteiger partial charge in [0.2, 0.25) is 0 Å². The molecule has 2 nitrogen and oxygen atoms in total. The minimum Gasteiger partial charge on any atom is -0.379 e. The molecule has 1 aliphatic rings. The first-order valence-electron chi connectivity index (χ1n) is 18.0. The predicted octanol–water partition coefficient (Wildman–Crippen LogP) is 12.7. The number of fused-ring (bicyclic) bond motifs is 1. The standard InChI is InChI=1S/C38H67NO/c1-2-3-4-5-6-7-8-9-10-11-12-13-14-15-16-17-18-19-20-21-22-23-24-25-26-29-34-40-35-37-33-32-36-30-27-28-31-38(36)39-37/h27-28,30-33,37,39H,2-26,29,34-35H2,1H3. The molecule has 0 saturated carbocycles. The van der Waals surface area contributed by atoms with Crippen molar-refractivity contribution in [3.63, 3.8) is 0 Å². The Kier molecular flexibility index (Phi) is 23.2. The maximum absolute atomic E-state index is 5.93. The molecule has 0 spiro atoms. The SMILES string of the molecule is CCCCCCCCCCCCCCCCCCCCCCCCCCCCOCC1C=Cc2ccccc2N1. The molecule has 1 aromatic rings. The van der Waals surface area contributed by atoms with Crippen molar-refractivity contribution in [2.24, 2.45) is 0 Å². The molecule has 1 atom stereocenters. The first-order chi connectivity index (χ1) is 19.9. The van der Waals surface area contributed by atoms with Gasteiger partial charge in [-0.05, 0) is 18.1 Å². The third kappa shape index (κ3) is 19.7. The van der Waals surface area contributed by atoms with Crippen LogP contribution in [0.3, 0.4) is 0 Å². The normalized spacial score (nSPS) is 14.4. The molecule has 2 heteroatoms. The van der Waals surface area contributed by atoms with Crippen LogP contribution < -0.4 is 5.32 Å². The van der Waals surface area contributed by atoms with Crippen molar-refractivity contribution in [3.05, 3.63) is 35.9 Å². The molecule has 1 aliphatic heterocycles. The summed E-state index contributed by atoms with van der Waals surface area (Å²) < 4.78 is 5.93. The highest BCUT2D eigenvalue weighted by molar-refractivity contribution is 5.70. The van der Waals surface area contributed by atoms with Crippen LogP contribution >= 0.6 is 0 Å². The van der Waals surface area contributed by atoms with Crippen LogP contribution in [0, 0.1) is 0 Å². The van der Waals surface area contributed by atoms with Crippen molar-refractivity contribution in [1.29, 1.82) is 0 Å². The number of hydrogen-bond donors (Lipinski definition) is 1. The molecule has 0 fully saturated rings. The second-order valence-electron chi connectivity index (χ2n) is 12.6. The number of unbranched alkanes of at least 4 members (excludes halogenated alkanes) is 25. The van der Waals surface area contributed by atoms with Gasteiger partial charge in [-0.15, -0.1) is 0 Å². The van der Waals surface area contributed by atoms with Crippen molar-refractivity contribution in [3.8, 4) is 0 Å². The van der Waals surface area contributed by atoms with E-state index in [1.54, 1.807) is 0 Å². The number of nitrogens with one attached hydrogen (secondary N) is 1. The Labute approximate surface area is 250 Å². The van der Waals surface area contributed by atoms with Gasteiger partial charge in [0.1, 0.15) is 0 Å². The molecule has 1 unspecified atom stereocenters. The van der Waals surface area contributed by atoms with Crippen molar-refractivity contribution >= 4 is 11.8 Å². The maximum atomic E-state index is 5.93. The Bertz CT molecular complexity index is 698. The number of benzene rings is 1. The van der Waals surface area contributed by atoms with Crippen LogP contribution in [0.15, 0.2) is 30.3 Å². The summed E-state index contributed by atoms with van der Waals surface area (Å²) >= 11 is 0. The zero-order chi connectivity index (χ0) is 28.2. The Balaban J connectivity index is 1.18.